The Morgan fingerprint density at radius 3 is 1.67 bits per heavy atom. The molecular formula is C19H18N2. The van der Waals surface area contributed by atoms with E-state index in [-0.39, 0.29) is 0 Å². The van der Waals surface area contributed by atoms with Crippen molar-refractivity contribution in [2.75, 3.05) is 10.6 Å². The molecule has 0 atom stereocenters. The average molecular weight is 274 g/mol. The fourth-order valence-electron chi connectivity index (χ4n) is 2.22. The van der Waals surface area contributed by atoms with Crippen molar-refractivity contribution >= 4 is 22.7 Å². The van der Waals surface area contributed by atoms with Crippen molar-refractivity contribution in [2.24, 2.45) is 0 Å². The van der Waals surface area contributed by atoms with Crippen LogP contribution in [0.5, 0.6) is 0 Å². The van der Waals surface area contributed by atoms with E-state index in [4.69, 9.17) is 0 Å². The van der Waals surface area contributed by atoms with Crippen LogP contribution in [0.15, 0.2) is 78.9 Å². The van der Waals surface area contributed by atoms with E-state index >= 15 is 0 Å². The summed E-state index contributed by atoms with van der Waals surface area (Å²) >= 11 is 0. The minimum atomic E-state index is 1.07. The molecule has 0 aliphatic rings. The molecule has 0 bridgehead atoms. The Morgan fingerprint density at radius 1 is 0.571 bits per heavy atom. The van der Waals surface area contributed by atoms with Crippen LogP contribution in [0.2, 0.25) is 0 Å². The van der Waals surface area contributed by atoms with Crippen molar-refractivity contribution in [3.05, 3.63) is 84.4 Å². The molecule has 0 radical (unpaired) electrons. The lowest BCUT2D eigenvalue weighted by Gasteiger charge is -2.15. The van der Waals surface area contributed by atoms with Crippen LogP contribution in [0, 0.1) is 6.92 Å². The quantitative estimate of drug-likeness (QED) is 0.658. The van der Waals surface area contributed by atoms with Crippen molar-refractivity contribution in [2.45, 2.75) is 6.92 Å². The molecule has 3 rings (SSSR count). The van der Waals surface area contributed by atoms with Gasteiger partial charge in [0.2, 0.25) is 0 Å². The van der Waals surface area contributed by atoms with Gasteiger partial charge in [0.1, 0.15) is 0 Å². The molecule has 3 aromatic rings. The highest BCUT2D eigenvalue weighted by Crippen LogP contribution is 2.29. The van der Waals surface area contributed by atoms with Crippen molar-refractivity contribution in [3.63, 3.8) is 0 Å². The highest BCUT2D eigenvalue weighted by molar-refractivity contribution is 5.78. The van der Waals surface area contributed by atoms with Gasteiger partial charge < -0.3 is 10.6 Å². The molecule has 104 valence electrons. The second-order valence-corrected chi connectivity index (χ2v) is 5.03. The van der Waals surface area contributed by atoms with E-state index < -0.39 is 0 Å². The van der Waals surface area contributed by atoms with Crippen LogP contribution in [0.4, 0.5) is 22.7 Å². The lowest BCUT2D eigenvalue weighted by Crippen LogP contribution is -1.97. The van der Waals surface area contributed by atoms with Gasteiger partial charge in [-0.25, -0.2) is 0 Å². The fourth-order valence-corrected chi connectivity index (χ4v) is 2.22. The van der Waals surface area contributed by atoms with Gasteiger partial charge in [-0.15, -0.1) is 0 Å². The van der Waals surface area contributed by atoms with Crippen LogP contribution >= 0.6 is 0 Å². The van der Waals surface area contributed by atoms with Crippen molar-refractivity contribution in [1.29, 1.82) is 0 Å². The first-order valence-corrected chi connectivity index (χ1v) is 7.06. The molecule has 0 saturated carbocycles. The Hall–Kier alpha value is -2.74. The highest BCUT2D eigenvalue weighted by atomic mass is 15.0. The van der Waals surface area contributed by atoms with Crippen LogP contribution in [0.3, 0.4) is 0 Å². The van der Waals surface area contributed by atoms with Crippen LogP contribution in [0.1, 0.15) is 5.56 Å². The first kappa shape index (κ1) is 13.3. The zero-order chi connectivity index (χ0) is 14.5. The largest absolute Gasteiger partial charge is 0.354 e. The van der Waals surface area contributed by atoms with Crippen LogP contribution in [0.25, 0.3) is 0 Å². The van der Waals surface area contributed by atoms with Gasteiger partial charge in [0.15, 0.2) is 0 Å². The monoisotopic (exact) mass is 274 g/mol. The third-order valence-corrected chi connectivity index (χ3v) is 3.28. The highest BCUT2D eigenvalue weighted by Gasteiger charge is 2.04. The molecule has 0 aliphatic carbocycles. The molecule has 0 aliphatic heterocycles. The summed E-state index contributed by atoms with van der Waals surface area (Å²) in [5, 5.41) is 6.93. The predicted octanol–water partition coefficient (Wildman–Crippen LogP) is 5.48. The number of aryl methyl sites for hydroxylation is 1. The maximum Gasteiger partial charge on any atom is 0.0626 e. The van der Waals surface area contributed by atoms with E-state index in [1.165, 1.54) is 5.56 Å². The third-order valence-electron chi connectivity index (χ3n) is 3.28. The summed E-state index contributed by atoms with van der Waals surface area (Å²) in [6.07, 6.45) is 0. The number of hydrogen-bond donors (Lipinski definition) is 2. The average Bonchev–Trinajstić information content (AvgIpc) is 2.52. The Labute approximate surface area is 125 Å². The van der Waals surface area contributed by atoms with Crippen LogP contribution in [-0.2, 0) is 0 Å². The SMILES string of the molecule is Cc1ccc(Nc2ccccc2)c(Nc2ccccc2)c1. The topological polar surface area (TPSA) is 24.1 Å². The van der Waals surface area contributed by atoms with Gasteiger partial charge >= 0.3 is 0 Å². The molecule has 0 fully saturated rings. The number of benzene rings is 3. The lowest BCUT2D eigenvalue weighted by molar-refractivity contribution is 1.43. The zero-order valence-corrected chi connectivity index (χ0v) is 12.0. The third kappa shape index (κ3) is 3.42. The molecule has 2 nitrogen and oxygen atoms in total. The van der Waals surface area contributed by atoms with E-state index in [2.05, 4.69) is 60.0 Å². The van der Waals surface area contributed by atoms with E-state index in [1.54, 1.807) is 0 Å². The molecule has 0 aromatic heterocycles. The number of anilines is 4. The first-order chi connectivity index (χ1) is 10.3. The summed E-state index contributed by atoms with van der Waals surface area (Å²) in [5.74, 6) is 0. The Bertz CT molecular complexity index is 706. The van der Waals surface area contributed by atoms with Crippen LogP contribution in [-0.4, -0.2) is 0 Å². The van der Waals surface area contributed by atoms with Crippen molar-refractivity contribution in [1.82, 2.24) is 0 Å². The molecule has 0 heterocycles. The minimum Gasteiger partial charge on any atom is -0.354 e. The summed E-state index contributed by atoms with van der Waals surface area (Å²) in [7, 11) is 0. The Kier molecular flexibility index (Phi) is 3.88. The standard InChI is InChI=1S/C19H18N2/c1-15-12-13-18(20-16-8-4-2-5-9-16)19(14-15)21-17-10-6-3-7-11-17/h2-14,20-21H,1H3. The summed E-state index contributed by atoms with van der Waals surface area (Å²) in [5.41, 5.74) is 5.53. The summed E-state index contributed by atoms with van der Waals surface area (Å²) < 4.78 is 0. The Balaban J connectivity index is 1.90. The summed E-state index contributed by atoms with van der Waals surface area (Å²) in [4.78, 5) is 0. The van der Waals surface area contributed by atoms with E-state index in [9.17, 15) is 0 Å². The number of para-hydroxylation sites is 2. The molecule has 0 saturated heterocycles. The minimum absolute atomic E-state index is 1.07. The fraction of sp³-hybridized carbons (Fsp3) is 0.0526. The van der Waals surface area contributed by atoms with Gasteiger partial charge in [-0.2, -0.15) is 0 Å². The molecule has 0 unspecified atom stereocenters. The summed E-state index contributed by atoms with van der Waals surface area (Å²) in [6.45, 7) is 2.10. The smallest absolute Gasteiger partial charge is 0.0626 e. The molecule has 21 heavy (non-hydrogen) atoms. The molecule has 2 heteroatoms. The normalized spacial score (nSPS) is 10.1. The van der Waals surface area contributed by atoms with E-state index in [0.29, 0.717) is 0 Å². The number of rotatable bonds is 4. The van der Waals surface area contributed by atoms with Gasteiger partial charge in [-0.05, 0) is 48.9 Å². The van der Waals surface area contributed by atoms with Gasteiger partial charge in [-0.1, -0.05) is 42.5 Å². The molecular weight excluding hydrogens is 256 g/mol. The Morgan fingerprint density at radius 2 is 1.10 bits per heavy atom. The van der Waals surface area contributed by atoms with E-state index in [0.717, 1.165) is 22.7 Å². The molecule has 0 spiro atoms. The second kappa shape index (κ2) is 6.14. The van der Waals surface area contributed by atoms with Gasteiger partial charge in [0, 0.05) is 11.4 Å². The van der Waals surface area contributed by atoms with Gasteiger partial charge in [-0.3, -0.25) is 0 Å². The maximum absolute atomic E-state index is 3.47. The summed E-state index contributed by atoms with van der Waals surface area (Å²) in [6, 6.07) is 26.8. The molecule has 3 aromatic carbocycles. The van der Waals surface area contributed by atoms with Gasteiger partial charge in [0.05, 0.1) is 11.4 Å². The lowest BCUT2D eigenvalue weighted by atomic mass is 10.1. The molecule has 2 N–H and O–H groups in total. The second-order valence-electron chi connectivity index (χ2n) is 5.03. The van der Waals surface area contributed by atoms with Crippen LogP contribution < -0.4 is 10.6 Å². The van der Waals surface area contributed by atoms with Gasteiger partial charge in [0.25, 0.3) is 0 Å². The first-order valence-electron chi connectivity index (χ1n) is 7.06. The molecule has 0 amide bonds. The number of hydrogen-bond acceptors (Lipinski definition) is 2. The van der Waals surface area contributed by atoms with Crippen molar-refractivity contribution in [3.8, 4) is 0 Å². The predicted molar refractivity (Wildman–Crippen MR) is 90.6 cm³/mol. The number of nitrogens with one attached hydrogen (secondary N) is 2. The maximum atomic E-state index is 3.47. The zero-order valence-electron chi connectivity index (χ0n) is 12.0. The van der Waals surface area contributed by atoms with Crippen molar-refractivity contribution < 1.29 is 0 Å². The van der Waals surface area contributed by atoms with E-state index in [1.807, 2.05) is 36.4 Å².